The summed E-state index contributed by atoms with van der Waals surface area (Å²) in [7, 11) is 0. The Hall–Kier alpha value is -1.65. The molecule has 2 spiro atoms. The summed E-state index contributed by atoms with van der Waals surface area (Å²) in [6, 6.07) is 0. The molecule has 0 aromatic rings. The third-order valence-electron chi connectivity index (χ3n) is 10.7. The number of carboxylic acids is 1. The van der Waals surface area contributed by atoms with Crippen molar-refractivity contribution in [2.24, 2.45) is 51.2 Å². The molecule has 7 aliphatic rings. The summed E-state index contributed by atoms with van der Waals surface area (Å²) in [6.07, 6.45) is 5.24. The normalized spacial score (nSPS) is 54.1. The summed E-state index contributed by atoms with van der Waals surface area (Å²) in [5.41, 5.74) is 1.67. The minimum Gasteiger partial charge on any atom is -0.481 e. The lowest BCUT2D eigenvalue weighted by atomic mass is 9.41. The Morgan fingerprint density at radius 2 is 1.86 bits per heavy atom. The fraction of sp³-hybridized carbons (Fsp3) is 0.792. The van der Waals surface area contributed by atoms with E-state index in [0.29, 0.717) is 5.92 Å². The van der Waals surface area contributed by atoms with E-state index in [9.17, 15) is 19.5 Å². The smallest absolute Gasteiger partial charge is 0.318 e. The minimum atomic E-state index is -0.706. The van der Waals surface area contributed by atoms with Gasteiger partial charge >= 0.3 is 17.9 Å². The zero-order valence-electron chi connectivity index (χ0n) is 17.7. The first-order chi connectivity index (χ1) is 13.6. The Kier molecular flexibility index (Phi) is 3.01. The molecular weight excluding hydrogens is 368 g/mol. The second kappa shape index (κ2) is 4.81. The summed E-state index contributed by atoms with van der Waals surface area (Å²) >= 11 is 0. The summed E-state index contributed by atoms with van der Waals surface area (Å²) < 4.78 is 5.22. The molecule has 4 bridgehead atoms. The van der Waals surface area contributed by atoms with E-state index in [-0.39, 0.29) is 51.9 Å². The van der Waals surface area contributed by atoms with Gasteiger partial charge in [0.25, 0.3) is 0 Å². The number of hydrogen-bond donors (Lipinski definition) is 1. The van der Waals surface area contributed by atoms with Crippen LogP contribution in [0.4, 0.5) is 0 Å². The quantitative estimate of drug-likeness (QED) is 0.432. The first-order valence-corrected chi connectivity index (χ1v) is 11.3. The molecular formula is C24H30O5. The number of carboxylic acid groups (broad SMARTS) is 1. The van der Waals surface area contributed by atoms with E-state index in [1.807, 2.05) is 6.92 Å². The molecule has 8 atom stereocenters. The van der Waals surface area contributed by atoms with Crippen molar-refractivity contribution in [3.63, 3.8) is 0 Å². The Balaban J connectivity index is 1.58. The van der Waals surface area contributed by atoms with Gasteiger partial charge in [-0.2, -0.15) is 0 Å². The van der Waals surface area contributed by atoms with Gasteiger partial charge in [0, 0.05) is 10.8 Å². The van der Waals surface area contributed by atoms with Gasteiger partial charge in [0.05, 0.1) is 17.3 Å². The molecule has 0 amide bonds. The highest BCUT2D eigenvalue weighted by atomic mass is 16.6. The molecule has 1 saturated heterocycles. The molecule has 0 radical (unpaired) electrons. The number of esters is 2. The minimum absolute atomic E-state index is 0.101. The van der Waals surface area contributed by atoms with Crippen LogP contribution in [0.25, 0.3) is 0 Å². The summed E-state index contributed by atoms with van der Waals surface area (Å²) in [5.74, 6) is -1.39. The highest BCUT2D eigenvalue weighted by Crippen LogP contribution is 2.96. The van der Waals surface area contributed by atoms with Gasteiger partial charge in [-0.15, -0.1) is 0 Å². The fourth-order valence-corrected chi connectivity index (χ4v) is 10.00. The summed E-state index contributed by atoms with van der Waals surface area (Å²) in [4.78, 5) is 37.9. The molecule has 1 heterocycles. The number of cyclic esters (lactones) is 2. The van der Waals surface area contributed by atoms with Crippen LogP contribution in [0.2, 0.25) is 0 Å². The molecule has 5 heteroatoms. The zero-order chi connectivity index (χ0) is 20.7. The van der Waals surface area contributed by atoms with Gasteiger partial charge in [-0.1, -0.05) is 38.3 Å². The molecule has 0 aromatic carbocycles. The van der Waals surface area contributed by atoms with E-state index in [2.05, 4.69) is 20.8 Å². The van der Waals surface area contributed by atoms with Crippen molar-refractivity contribution in [3.8, 4) is 0 Å². The Labute approximate surface area is 171 Å². The van der Waals surface area contributed by atoms with Gasteiger partial charge in [0.1, 0.15) is 0 Å². The maximum atomic E-state index is 12.9. The molecule has 5 fully saturated rings. The molecule has 7 rings (SSSR count). The van der Waals surface area contributed by atoms with Gasteiger partial charge in [-0.25, -0.2) is 0 Å². The monoisotopic (exact) mass is 398 g/mol. The van der Waals surface area contributed by atoms with Crippen LogP contribution in [-0.4, -0.2) is 23.0 Å². The Morgan fingerprint density at radius 1 is 1.14 bits per heavy atom. The number of allylic oxidation sites excluding steroid dienone is 2. The van der Waals surface area contributed by atoms with Crippen LogP contribution in [0.5, 0.6) is 0 Å². The first-order valence-electron chi connectivity index (χ1n) is 11.3. The van der Waals surface area contributed by atoms with Crippen LogP contribution in [0, 0.1) is 51.2 Å². The lowest BCUT2D eigenvalue weighted by molar-refractivity contribution is -0.179. The number of rotatable bonds is 2. The standard InChI is InChI=1S/C24H30O5/c1-11(2)14-12-10-24-17(14)23(24,16-15(12)18(25)29-19(16)26)9-6-13-21(3,20(27)28)7-5-8-22(13,24)4/h11-13,15-16H,5-10H2,1-4H3,(H,27,28). The molecule has 8 unspecified atom stereocenters. The molecule has 4 saturated carbocycles. The van der Waals surface area contributed by atoms with E-state index < -0.39 is 11.4 Å². The second-order valence-corrected chi connectivity index (χ2v) is 11.5. The highest BCUT2D eigenvalue weighted by molar-refractivity contribution is 6.00. The molecule has 1 N–H and O–H groups in total. The predicted octanol–water partition coefficient (Wildman–Crippen LogP) is 3.97. The number of carbonyl (C=O) groups is 3. The van der Waals surface area contributed by atoms with Gasteiger partial charge in [-0.3, -0.25) is 14.4 Å². The van der Waals surface area contributed by atoms with Gasteiger partial charge in [0.15, 0.2) is 0 Å². The predicted molar refractivity (Wildman–Crippen MR) is 103 cm³/mol. The fourth-order valence-electron chi connectivity index (χ4n) is 10.00. The Morgan fingerprint density at radius 3 is 2.52 bits per heavy atom. The van der Waals surface area contributed by atoms with Gasteiger partial charge in [0.2, 0.25) is 0 Å². The SMILES string of the molecule is CC(C)C1=C2C34CCC5C(C)(C(=O)O)CCCC5(C)C23CC1C1C(=O)OC(=O)C14. The van der Waals surface area contributed by atoms with Gasteiger partial charge in [-0.05, 0) is 62.2 Å². The zero-order valence-corrected chi connectivity index (χ0v) is 17.7. The van der Waals surface area contributed by atoms with E-state index in [0.717, 1.165) is 38.5 Å². The topological polar surface area (TPSA) is 80.7 Å². The van der Waals surface area contributed by atoms with Crippen LogP contribution in [0.15, 0.2) is 11.1 Å². The molecule has 156 valence electrons. The number of carbonyl (C=O) groups excluding carboxylic acids is 2. The van der Waals surface area contributed by atoms with Crippen molar-refractivity contribution >= 4 is 17.9 Å². The molecule has 0 aromatic heterocycles. The Bertz CT molecular complexity index is 932. The largest absolute Gasteiger partial charge is 0.481 e. The third kappa shape index (κ3) is 1.52. The van der Waals surface area contributed by atoms with Crippen LogP contribution < -0.4 is 0 Å². The lowest BCUT2D eigenvalue weighted by Gasteiger charge is -2.60. The van der Waals surface area contributed by atoms with Crippen molar-refractivity contribution in [2.75, 3.05) is 0 Å². The van der Waals surface area contributed by atoms with E-state index in [1.54, 1.807) is 0 Å². The van der Waals surface area contributed by atoms with Crippen LogP contribution in [0.1, 0.15) is 66.2 Å². The molecule has 1 aliphatic heterocycles. The molecule has 6 aliphatic carbocycles. The number of fused-ring (bicyclic) bond motifs is 1. The van der Waals surface area contributed by atoms with Crippen molar-refractivity contribution in [3.05, 3.63) is 11.1 Å². The number of ether oxygens (including phenoxy) is 1. The second-order valence-electron chi connectivity index (χ2n) is 11.5. The first kappa shape index (κ1) is 18.1. The van der Waals surface area contributed by atoms with E-state index >= 15 is 0 Å². The van der Waals surface area contributed by atoms with E-state index in [4.69, 9.17) is 4.74 Å². The maximum absolute atomic E-state index is 12.9. The van der Waals surface area contributed by atoms with Crippen LogP contribution in [-0.2, 0) is 19.1 Å². The summed E-state index contributed by atoms with van der Waals surface area (Å²) in [5, 5.41) is 10.2. The van der Waals surface area contributed by atoms with E-state index in [1.165, 1.54) is 11.1 Å². The number of aliphatic carboxylic acids is 1. The third-order valence-corrected chi connectivity index (χ3v) is 10.7. The van der Waals surface area contributed by atoms with Crippen molar-refractivity contribution in [2.45, 2.75) is 66.2 Å². The molecule has 5 nitrogen and oxygen atoms in total. The van der Waals surface area contributed by atoms with Gasteiger partial charge < -0.3 is 9.84 Å². The highest BCUT2D eigenvalue weighted by Gasteiger charge is 2.92. The average Bonchev–Trinajstić information content (AvgIpc) is 2.92. The van der Waals surface area contributed by atoms with Crippen molar-refractivity contribution < 1.29 is 24.2 Å². The average molecular weight is 398 g/mol. The van der Waals surface area contributed by atoms with Crippen LogP contribution >= 0.6 is 0 Å². The maximum Gasteiger partial charge on any atom is 0.318 e. The number of hydrogen-bond acceptors (Lipinski definition) is 4. The van der Waals surface area contributed by atoms with Crippen molar-refractivity contribution in [1.29, 1.82) is 0 Å². The molecule has 29 heavy (non-hydrogen) atoms. The van der Waals surface area contributed by atoms with Crippen molar-refractivity contribution in [1.82, 2.24) is 0 Å². The lowest BCUT2D eigenvalue weighted by Crippen LogP contribution is -2.58. The van der Waals surface area contributed by atoms with Crippen LogP contribution in [0.3, 0.4) is 0 Å². The summed E-state index contributed by atoms with van der Waals surface area (Å²) in [6.45, 7) is 8.68.